The van der Waals surface area contributed by atoms with Gasteiger partial charge in [0.15, 0.2) is 0 Å². The fourth-order valence-electron chi connectivity index (χ4n) is 1.28. The Morgan fingerprint density at radius 2 is 2.00 bits per heavy atom. The predicted octanol–water partition coefficient (Wildman–Crippen LogP) is 2.63. The van der Waals surface area contributed by atoms with Crippen molar-refractivity contribution in [2.24, 2.45) is 5.73 Å². The van der Waals surface area contributed by atoms with Crippen LogP contribution in [-0.2, 0) is 6.54 Å². The normalized spacial score (nSPS) is 10.3. The lowest BCUT2D eigenvalue weighted by molar-refractivity contribution is 0.430. The van der Waals surface area contributed by atoms with Crippen LogP contribution in [-0.4, -0.2) is 9.97 Å². The van der Waals surface area contributed by atoms with Crippen molar-refractivity contribution in [3.8, 4) is 11.8 Å². The standard InChI is InChI=1S/C11H9BrFN3O/c12-7-5-15-11(16-6-7)17-10-3-1-2-9(13)8(10)4-14/h1-3,5-6H,4,14H2. The van der Waals surface area contributed by atoms with Gasteiger partial charge in [-0.15, -0.1) is 0 Å². The Hall–Kier alpha value is -1.53. The van der Waals surface area contributed by atoms with Gasteiger partial charge in [-0.2, -0.15) is 0 Å². The van der Waals surface area contributed by atoms with E-state index in [1.54, 1.807) is 24.5 Å². The molecule has 2 aromatic rings. The molecule has 2 rings (SSSR count). The van der Waals surface area contributed by atoms with E-state index in [4.69, 9.17) is 10.5 Å². The third-order valence-electron chi connectivity index (χ3n) is 2.08. The first-order chi connectivity index (χ1) is 8.20. The molecule has 6 heteroatoms. The summed E-state index contributed by atoms with van der Waals surface area (Å²) in [6.45, 7) is 0.0541. The minimum Gasteiger partial charge on any atom is -0.424 e. The van der Waals surface area contributed by atoms with Crippen LogP contribution in [0.15, 0.2) is 35.1 Å². The van der Waals surface area contributed by atoms with Crippen molar-refractivity contribution < 1.29 is 9.13 Å². The van der Waals surface area contributed by atoms with Crippen molar-refractivity contribution in [2.75, 3.05) is 0 Å². The van der Waals surface area contributed by atoms with Crippen molar-refractivity contribution in [3.63, 3.8) is 0 Å². The molecule has 0 aliphatic rings. The highest BCUT2D eigenvalue weighted by Gasteiger charge is 2.09. The summed E-state index contributed by atoms with van der Waals surface area (Å²) in [4.78, 5) is 7.87. The molecule has 1 aromatic carbocycles. The zero-order chi connectivity index (χ0) is 12.3. The van der Waals surface area contributed by atoms with E-state index in [9.17, 15) is 4.39 Å². The van der Waals surface area contributed by atoms with Crippen molar-refractivity contribution in [1.82, 2.24) is 9.97 Å². The molecule has 4 nitrogen and oxygen atoms in total. The molecule has 0 aliphatic heterocycles. The van der Waals surface area contributed by atoms with Crippen LogP contribution in [0.5, 0.6) is 11.8 Å². The first-order valence-corrected chi connectivity index (χ1v) is 5.63. The molecule has 17 heavy (non-hydrogen) atoms. The van der Waals surface area contributed by atoms with Gasteiger partial charge in [0.1, 0.15) is 11.6 Å². The Kier molecular flexibility index (Phi) is 3.65. The molecule has 0 unspecified atom stereocenters. The highest BCUT2D eigenvalue weighted by molar-refractivity contribution is 9.10. The number of halogens is 2. The highest BCUT2D eigenvalue weighted by atomic mass is 79.9. The maximum Gasteiger partial charge on any atom is 0.321 e. The number of hydrogen-bond acceptors (Lipinski definition) is 4. The fraction of sp³-hybridized carbons (Fsp3) is 0.0909. The molecular weight excluding hydrogens is 289 g/mol. The van der Waals surface area contributed by atoms with Gasteiger partial charge in [0.25, 0.3) is 0 Å². The van der Waals surface area contributed by atoms with Gasteiger partial charge in [-0.1, -0.05) is 6.07 Å². The molecule has 0 atom stereocenters. The second-order valence-electron chi connectivity index (χ2n) is 3.21. The Morgan fingerprint density at radius 3 is 2.65 bits per heavy atom. The van der Waals surface area contributed by atoms with E-state index in [1.165, 1.54) is 6.07 Å². The molecule has 1 aromatic heterocycles. The lowest BCUT2D eigenvalue weighted by Gasteiger charge is -2.08. The molecule has 0 radical (unpaired) electrons. The van der Waals surface area contributed by atoms with Crippen LogP contribution < -0.4 is 10.5 Å². The summed E-state index contributed by atoms with van der Waals surface area (Å²) in [7, 11) is 0. The summed E-state index contributed by atoms with van der Waals surface area (Å²) in [5, 5.41) is 0. The van der Waals surface area contributed by atoms with E-state index < -0.39 is 5.82 Å². The number of rotatable bonds is 3. The molecule has 2 N–H and O–H groups in total. The van der Waals surface area contributed by atoms with Crippen molar-refractivity contribution in [1.29, 1.82) is 0 Å². The van der Waals surface area contributed by atoms with E-state index in [-0.39, 0.29) is 12.6 Å². The molecule has 0 saturated heterocycles. The third-order valence-corrected chi connectivity index (χ3v) is 2.49. The molecule has 0 bridgehead atoms. The Labute approximate surface area is 106 Å². The minimum absolute atomic E-state index is 0.0541. The van der Waals surface area contributed by atoms with Gasteiger partial charge in [0, 0.05) is 24.5 Å². The van der Waals surface area contributed by atoms with Crippen LogP contribution in [0.2, 0.25) is 0 Å². The number of hydrogen-bond donors (Lipinski definition) is 1. The molecule has 0 fully saturated rings. The van der Waals surface area contributed by atoms with Gasteiger partial charge in [-0.05, 0) is 28.1 Å². The average Bonchev–Trinajstić information content (AvgIpc) is 2.32. The highest BCUT2D eigenvalue weighted by Crippen LogP contribution is 2.24. The summed E-state index contributed by atoms with van der Waals surface area (Å²) in [5.74, 6) is -0.0723. The quantitative estimate of drug-likeness (QED) is 0.946. The monoisotopic (exact) mass is 297 g/mol. The van der Waals surface area contributed by atoms with Crippen LogP contribution in [0.4, 0.5) is 4.39 Å². The average molecular weight is 298 g/mol. The minimum atomic E-state index is -0.401. The van der Waals surface area contributed by atoms with Crippen molar-refractivity contribution in [3.05, 3.63) is 46.4 Å². The topological polar surface area (TPSA) is 61.0 Å². The van der Waals surface area contributed by atoms with E-state index in [2.05, 4.69) is 25.9 Å². The SMILES string of the molecule is NCc1c(F)cccc1Oc1ncc(Br)cn1. The van der Waals surface area contributed by atoms with E-state index in [1.807, 2.05) is 0 Å². The van der Waals surface area contributed by atoms with Crippen molar-refractivity contribution >= 4 is 15.9 Å². The zero-order valence-electron chi connectivity index (χ0n) is 8.73. The Balaban J connectivity index is 2.29. The second kappa shape index (κ2) is 5.20. The lowest BCUT2D eigenvalue weighted by Crippen LogP contribution is -2.03. The molecule has 1 heterocycles. The van der Waals surface area contributed by atoms with Gasteiger partial charge in [0.05, 0.1) is 4.47 Å². The largest absolute Gasteiger partial charge is 0.424 e. The summed E-state index contributed by atoms with van der Waals surface area (Å²) in [6, 6.07) is 4.64. The van der Waals surface area contributed by atoms with E-state index in [0.717, 1.165) is 4.47 Å². The fourth-order valence-corrected chi connectivity index (χ4v) is 1.49. The van der Waals surface area contributed by atoms with Crippen LogP contribution in [0.3, 0.4) is 0 Å². The first-order valence-electron chi connectivity index (χ1n) is 4.83. The smallest absolute Gasteiger partial charge is 0.321 e. The van der Waals surface area contributed by atoms with Gasteiger partial charge in [-0.25, -0.2) is 14.4 Å². The maximum absolute atomic E-state index is 13.4. The van der Waals surface area contributed by atoms with Gasteiger partial charge in [0.2, 0.25) is 0 Å². The Bertz CT molecular complexity index is 519. The number of ether oxygens (including phenoxy) is 1. The van der Waals surface area contributed by atoms with E-state index >= 15 is 0 Å². The first kappa shape index (κ1) is 11.9. The molecule has 0 amide bonds. The van der Waals surface area contributed by atoms with E-state index in [0.29, 0.717) is 11.3 Å². The Morgan fingerprint density at radius 1 is 1.29 bits per heavy atom. The lowest BCUT2D eigenvalue weighted by atomic mass is 10.2. The van der Waals surface area contributed by atoms with Crippen LogP contribution in [0.25, 0.3) is 0 Å². The molecule has 0 spiro atoms. The van der Waals surface area contributed by atoms with Crippen LogP contribution >= 0.6 is 15.9 Å². The van der Waals surface area contributed by atoms with Crippen LogP contribution in [0.1, 0.15) is 5.56 Å². The summed E-state index contributed by atoms with van der Waals surface area (Å²) >= 11 is 3.21. The van der Waals surface area contributed by atoms with Gasteiger partial charge < -0.3 is 10.5 Å². The predicted molar refractivity (Wildman–Crippen MR) is 64.1 cm³/mol. The van der Waals surface area contributed by atoms with Crippen LogP contribution in [0, 0.1) is 5.82 Å². The summed E-state index contributed by atoms with van der Waals surface area (Å²) < 4.78 is 19.5. The number of nitrogens with two attached hydrogens (primary N) is 1. The van der Waals surface area contributed by atoms with Crippen molar-refractivity contribution in [2.45, 2.75) is 6.54 Å². The summed E-state index contributed by atoms with van der Waals surface area (Å²) in [6.07, 6.45) is 3.09. The third kappa shape index (κ3) is 2.78. The zero-order valence-corrected chi connectivity index (χ0v) is 10.3. The molecule has 0 saturated carbocycles. The van der Waals surface area contributed by atoms with Gasteiger partial charge >= 0.3 is 6.01 Å². The molecular formula is C11H9BrFN3O. The second-order valence-corrected chi connectivity index (χ2v) is 4.12. The number of nitrogens with zero attached hydrogens (tertiary/aromatic N) is 2. The number of benzene rings is 1. The molecule has 88 valence electrons. The number of aromatic nitrogens is 2. The molecule has 0 aliphatic carbocycles. The summed E-state index contributed by atoms with van der Waals surface area (Å²) in [5.41, 5.74) is 5.77. The van der Waals surface area contributed by atoms with Gasteiger partial charge in [-0.3, -0.25) is 0 Å². The maximum atomic E-state index is 13.4.